The van der Waals surface area contributed by atoms with Gasteiger partial charge in [0, 0.05) is 24.3 Å². The lowest BCUT2D eigenvalue weighted by molar-refractivity contribution is 0.381. The largest absolute Gasteiger partial charge is 0.366 e. The van der Waals surface area contributed by atoms with Crippen molar-refractivity contribution < 1.29 is 0 Å². The second-order valence-corrected chi connectivity index (χ2v) is 6.20. The summed E-state index contributed by atoms with van der Waals surface area (Å²) in [4.78, 5) is 2.54. The monoisotopic (exact) mass is 246 g/mol. The Morgan fingerprint density at radius 3 is 2.61 bits per heavy atom. The average Bonchev–Trinajstić information content (AvgIpc) is 2.27. The molecule has 1 heterocycles. The van der Waals surface area contributed by atoms with Crippen LogP contribution in [-0.4, -0.2) is 12.1 Å². The van der Waals surface area contributed by atoms with Crippen LogP contribution in [0.1, 0.15) is 56.7 Å². The lowest BCUT2D eigenvalue weighted by Gasteiger charge is -2.47. The first-order valence-electron chi connectivity index (χ1n) is 7.01. The van der Waals surface area contributed by atoms with Crippen LogP contribution in [0.2, 0.25) is 0 Å². The summed E-state index contributed by atoms with van der Waals surface area (Å²) in [5.74, 6) is 0.615. The number of benzene rings is 1. The molecule has 0 amide bonds. The first kappa shape index (κ1) is 13.4. The van der Waals surface area contributed by atoms with Crippen LogP contribution in [0.5, 0.6) is 0 Å². The molecule has 0 saturated carbocycles. The highest BCUT2D eigenvalue weighted by Crippen LogP contribution is 2.44. The van der Waals surface area contributed by atoms with Gasteiger partial charge >= 0.3 is 0 Å². The molecule has 0 aromatic heterocycles. The Morgan fingerprint density at radius 1 is 1.39 bits per heavy atom. The molecule has 0 spiro atoms. The van der Waals surface area contributed by atoms with Gasteiger partial charge in [-0.3, -0.25) is 0 Å². The minimum absolute atomic E-state index is 0.248. The van der Waals surface area contributed by atoms with Crippen LogP contribution in [-0.2, 0) is 6.54 Å². The van der Waals surface area contributed by atoms with Gasteiger partial charge in [0.25, 0.3) is 0 Å². The fraction of sp³-hybridized carbons (Fsp3) is 0.625. The van der Waals surface area contributed by atoms with E-state index in [0.717, 1.165) is 6.54 Å². The lowest BCUT2D eigenvalue weighted by atomic mass is 9.79. The highest BCUT2D eigenvalue weighted by Gasteiger charge is 2.35. The van der Waals surface area contributed by atoms with Crippen LogP contribution < -0.4 is 10.6 Å². The summed E-state index contributed by atoms with van der Waals surface area (Å²) < 4.78 is 0. The maximum Gasteiger partial charge on any atom is 0.0408 e. The molecule has 1 aliphatic rings. The van der Waals surface area contributed by atoms with Crippen molar-refractivity contribution in [2.75, 3.05) is 11.4 Å². The average molecular weight is 246 g/mol. The quantitative estimate of drug-likeness (QED) is 0.864. The third-order valence-corrected chi connectivity index (χ3v) is 4.38. The van der Waals surface area contributed by atoms with E-state index in [1.807, 2.05) is 0 Å². The molecule has 1 aliphatic heterocycles. The van der Waals surface area contributed by atoms with Crippen molar-refractivity contribution in [2.45, 2.75) is 59.0 Å². The molecule has 0 bridgehead atoms. The molecule has 0 fully saturated rings. The zero-order chi connectivity index (χ0) is 13.5. The second kappa shape index (κ2) is 4.58. The Labute approximate surface area is 111 Å². The molecule has 2 nitrogen and oxygen atoms in total. The first-order chi connectivity index (χ1) is 8.40. The lowest BCUT2D eigenvalue weighted by Crippen LogP contribution is -2.48. The van der Waals surface area contributed by atoms with Crippen molar-refractivity contribution in [3.05, 3.63) is 28.8 Å². The number of nitrogens with two attached hydrogens (primary N) is 1. The van der Waals surface area contributed by atoms with Crippen LogP contribution in [0.15, 0.2) is 12.1 Å². The fourth-order valence-electron chi connectivity index (χ4n) is 3.50. The molecular formula is C16H26N2. The van der Waals surface area contributed by atoms with E-state index in [2.05, 4.69) is 51.7 Å². The van der Waals surface area contributed by atoms with E-state index in [4.69, 9.17) is 5.73 Å². The van der Waals surface area contributed by atoms with Gasteiger partial charge in [-0.15, -0.1) is 0 Å². The predicted octanol–water partition coefficient (Wildman–Crippen LogP) is 3.57. The number of anilines is 1. The Bertz CT molecular complexity index is 449. The van der Waals surface area contributed by atoms with Gasteiger partial charge < -0.3 is 10.6 Å². The number of aryl methyl sites for hydroxylation is 1. The van der Waals surface area contributed by atoms with Crippen LogP contribution >= 0.6 is 0 Å². The van der Waals surface area contributed by atoms with Gasteiger partial charge in [-0.2, -0.15) is 0 Å². The number of hydrogen-bond acceptors (Lipinski definition) is 2. The standard InChI is InChI=1S/C16H26N2/c1-6-18-15-7-11(2)13(10-17)8-14(15)12(3)9-16(18,4)5/h7-8,12H,6,9-10,17H2,1-5H3/t12-/m0/s1. The molecule has 2 rings (SSSR count). The number of rotatable bonds is 2. The molecular weight excluding hydrogens is 220 g/mol. The molecule has 100 valence electrons. The van der Waals surface area contributed by atoms with Crippen molar-refractivity contribution in [1.29, 1.82) is 0 Å². The van der Waals surface area contributed by atoms with Gasteiger partial charge in [0.05, 0.1) is 0 Å². The maximum atomic E-state index is 5.84. The molecule has 0 saturated heterocycles. The summed E-state index contributed by atoms with van der Waals surface area (Å²) in [7, 11) is 0. The van der Waals surface area contributed by atoms with Crippen molar-refractivity contribution >= 4 is 5.69 Å². The Hall–Kier alpha value is -1.02. The van der Waals surface area contributed by atoms with Crippen molar-refractivity contribution in [3.8, 4) is 0 Å². The summed E-state index contributed by atoms with van der Waals surface area (Å²) >= 11 is 0. The van der Waals surface area contributed by atoms with Gasteiger partial charge in [0.2, 0.25) is 0 Å². The molecule has 0 unspecified atom stereocenters. The summed E-state index contributed by atoms with van der Waals surface area (Å²) in [6.07, 6.45) is 1.21. The van der Waals surface area contributed by atoms with Crippen LogP contribution in [0, 0.1) is 6.92 Å². The smallest absolute Gasteiger partial charge is 0.0408 e. The van der Waals surface area contributed by atoms with Gasteiger partial charge in [-0.1, -0.05) is 13.0 Å². The zero-order valence-corrected chi connectivity index (χ0v) is 12.4. The minimum Gasteiger partial charge on any atom is -0.366 e. The maximum absolute atomic E-state index is 5.84. The number of nitrogens with zero attached hydrogens (tertiary/aromatic N) is 1. The summed E-state index contributed by atoms with van der Waals surface area (Å²) in [6.45, 7) is 13.2. The first-order valence-corrected chi connectivity index (χ1v) is 7.01. The normalized spacial score (nSPS) is 21.9. The molecule has 2 N–H and O–H groups in total. The van der Waals surface area contributed by atoms with Gasteiger partial charge in [0.15, 0.2) is 0 Å². The second-order valence-electron chi connectivity index (χ2n) is 6.20. The highest BCUT2D eigenvalue weighted by atomic mass is 15.2. The van der Waals surface area contributed by atoms with E-state index >= 15 is 0 Å². The summed E-state index contributed by atoms with van der Waals surface area (Å²) in [6, 6.07) is 4.66. The third-order valence-electron chi connectivity index (χ3n) is 4.38. The van der Waals surface area contributed by atoms with E-state index < -0.39 is 0 Å². The molecule has 0 aliphatic carbocycles. The van der Waals surface area contributed by atoms with Crippen molar-refractivity contribution in [2.24, 2.45) is 5.73 Å². The highest BCUT2D eigenvalue weighted by molar-refractivity contribution is 5.62. The number of fused-ring (bicyclic) bond motifs is 1. The molecule has 1 aromatic rings. The van der Waals surface area contributed by atoms with Crippen LogP contribution in [0.3, 0.4) is 0 Å². The molecule has 1 atom stereocenters. The van der Waals surface area contributed by atoms with Crippen molar-refractivity contribution in [3.63, 3.8) is 0 Å². The molecule has 0 radical (unpaired) electrons. The Morgan fingerprint density at radius 2 is 2.06 bits per heavy atom. The van der Waals surface area contributed by atoms with Crippen molar-refractivity contribution in [1.82, 2.24) is 0 Å². The topological polar surface area (TPSA) is 29.3 Å². The van der Waals surface area contributed by atoms with Crippen LogP contribution in [0.4, 0.5) is 5.69 Å². The minimum atomic E-state index is 0.248. The van der Waals surface area contributed by atoms with Gasteiger partial charge in [-0.05, 0) is 62.8 Å². The zero-order valence-electron chi connectivity index (χ0n) is 12.4. The van der Waals surface area contributed by atoms with Gasteiger partial charge in [0.1, 0.15) is 0 Å². The summed E-state index contributed by atoms with van der Waals surface area (Å²) in [5.41, 5.74) is 11.6. The molecule has 2 heteroatoms. The Kier molecular flexibility index (Phi) is 3.41. The van der Waals surface area contributed by atoms with Crippen LogP contribution in [0.25, 0.3) is 0 Å². The third kappa shape index (κ3) is 2.03. The summed E-state index contributed by atoms with van der Waals surface area (Å²) in [5, 5.41) is 0. The van der Waals surface area contributed by atoms with E-state index in [1.54, 1.807) is 0 Å². The van der Waals surface area contributed by atoms with E-state index in [9.17, 15) is 0 Å². The fourth-order valence-corrected chi connectivity index (χ4v) is 3.50. The predicted molar refractivity (Wildman–Crippen MR) is 79.2 cm³/mol. The van der Waals surface area contributed by atoms with Gasteiger partial charge in [-0.25, -0.2) is 0 Å². The Balaban J connectivity index is 2.59. The van der Waals surface area contributed by atoms with E-state index in [0.29, 0.717) is 12.5 Å². The molecule has 1 aromatic carbocycles. The number of hydrogen-bond donors (Lipinski definition) is 1. The SMILES string of the molecule is CCN1c2cc(C)c(CN)cc2[C@@H](C)CC1(C)C. The molecule has 18 heavy (non-hydrogen) atoms. The van der Waals surface area contributed by atoms with E-state index in [1.165, 1.54) is 28.8 Å². The van der Waals surface area contributed by atoms with E-state index in [-0.39, 0.29) is 5.54 Å².